The molecule has 0 saturated carbocycles. The Hall–Kier alpha value is -4.48. The third-order valence-corrected chi connectivity index (χ3v) is 8.59. The molecule has 1 fully saturated rings. The van der Waals surface area contributed by atoms with E-state index < -0.39 is 35.1 Å². The van der Waals surface area contributed by atoms with Gasteiger partial charge in [-0.3, -0.25) is 19.3 Å². The van der Waals surface area contributed by atoms with Crippen molar-refractivity contribution in [1.29, 1.82) is 0 Å². The minimum atomic E-state index is -0.892. The Kier molecular flexibility index (Phi) is 11.2. The zero-order chi connectivity index (χ0) is 35.4. The van der Waals surface area contributed by atoms with Gasteiger partial charge in [-0.05, 0) is 82.2 Å². The Balaban J connectivity index is 1.53. The fourth-order valence-electron chi connectivity index (χ4n) is 5.71. The molecule has 4 rings (SSSR count). The van der Waals surface area contributed by atoms with Crippen molar-refractivity contribution >= 4 is 29.5 Å². The van der Waals surface area contributed by atoms with Crippen LogP contribution in [0.25, 0.3) is 5.65 Å². The Bertz CT molecular complexity index is 1580. The number of fused-ring (bicyclic) bond motifs is 1. The average molecular weight is 665 g/mol. The summed E-state index contributed by atoms with van der Waals surface area (Å²) >= 11 is 0. The first-order valence-electron chi connectivity index (χ1n) is 16.5. The SMILES string of the molecule is CC(C(=O)NC(C(=O)N1CCCC1CN(CCc1ccc(F)cc1)C(=O)c1cn2ccccc2n1)C(C)(C)C)N(C)C(=O)OC(C)(C)C. The highest BCUT2D eigenvalue weighted by molar-refractivity contribution is 5.93. The molecular formula is C36H49FN6O5. The molecule has 3 aromatic rings. The number of hydrogen-bond acceptors (Lipinski definition) is 6. The number of halogens is 1. The highest BCUT2D eigenvalue weighted by atomic mass is 19.1. The van der Waals surface area contributed by atoms with Gasteiger partial charge >= 0.3 is 6.09 Å². The van der Waals surface area contributed by atoms with Crippen molar-refractivity contribution in [2.75, 3.05) is 26.7 Å². The summed E-state index contributed by atoms with van der Waals surface area (Å²) in [6.45, 7) is 13.6. The van der Waals surface area contributed by atoms with Gasteiger partial charge < -0.3 is 24.3 Å². The molecule has 1 aliphatic heterocycles. The van der Waals surface area contributed by atoms with E-state index >= 15 is 0 Å². The Morgan fingerprint density at radius 1 is 1.06 bits per heavy atom. The molecule has 4 amide bonds. The van der Waals surface area contributed by atoms with Crippen LogP contribution in [-0.2, 0) is 20.7 Å². The maximum absolute atomic E-state index is 14.3. The predicted octanol–water partition coefficient (Wildman–Crippen LogP) is 4.94. The van der Waals surface area contributed by atoms with Crippen molar-refractivity contribution in [3.63, 3.8) is 0 Å². The molecule has 11 nitrogen and oxygen atoms in total. The standard InChI is InChI=1S/C36H49FN6O5/c1-24(40(8)34(47)48-36(5,6)7)31(44)39-30(35(2,3)4)33(46)43-20-11-12-27(43)22-42(21-18-25-14-16-26(37)17-15-25)32(45)28-23-41-19-10-9-13-29(41)38-28/h9-10,13-17,19,23-24,27,30H,11-12,18,20-22H2,1-8H3,(H,39,44). The van der Waals surface area contributed by atoms with Gasteiger partial charge in [0.25, 0.3) is 5.91 Å². The number of rotatable bonds is 10. The normalized spacial score (nSPS) is 16.4. The van der Waals surface area contributed by atoms with Crippen molar-refractivity contribution in [1.82, 2.24) is 29.4 Å². The Morgan fingerprint density at radius 3 is 2.38 bits per heavy atom. The molecule has 3 heterocycles. The Labute approximate surface area is 282 Å². The summed E-state index contributed by atoms with van der Waals surface area (Å²) in [6.07, 6.45) is 4.80. The molecule has 1 aliphatic rings. The van der Waals surface area contributed by atoms with E-state index in [0.717, 1.165) is 12.0 Å². The first-order chi connectivity index (χ1) is 22.4. The van der Waals surface area contributed by atoms with Crippen LogP contribution in [0, 0.1) is 11.2 Å². The summed E-state index contributed by atoms with van der Waals surface area (Å²) in [7, 11) is 1.49. The fraction of sp³-hybridized carbons (Fsp3) is 0.528. The van der Waals surface area contributed by atoms with Gasteiger partial charge in [0.05, 0.1) is 0 Å². The van der Waals surface area contributed by atoms with E-state index in [2.05, 4.69) is 10.3 Å². The van der Waals surface area contributed by atoms with Crippen molar-refractivity contribution < 1.29 is 28.3 Å². The third-order valence-electron chi connectivity index (χ3n) is 8.59. The minimum Gasteiger partial charge on any atom is -0.444 e. The van der Waals surface area contributed by atoms with Crippen molar-refractivity contribution in [3.05, 3.63) is 71.9 Å². The number of carbonyl (C=O) groups is 4. The molecule has 1 saturated heterocycles. The average Bonchev–Trinajstić information content (AvgIpc) is 3.67. The molecule has 260 valence electrons. The second-order valence-corrected chi connectivity index (χ2v) is 14.6. The number of ether oxygens (including phenoxy) is 1. The maximum Gasteiger partial charge on any atom is 0.410 e. The number of pyridine rings is 1. The van der Waals surface area contributed by atoms with Crippen LogP contribution in [0.1, 0.15) is 77.4 Å². The quantitative estimate of drug-likeness (QED) is 0.329. The topological polar surface area (TPSA) is 117 Å². The highest BCUT2D eigenvalue weighted by Gasteiger charge is 2.41. The number of nitrogens with zero attached hydrogens (tertiary/aromatic N) is 5. The van der Waals surface area contributed by atoms with E-state index in [-0.39, 0.29) is 30.2 Å². The summed E-state index contributed by atoms with van der Waals surface area (Å²) < 4.78 is 20.8. The molecule has 3 atom stereocenters. The number of likely N-dealkylation sites (tertiary alicyclic amines) is 1. The lowest BCUT2D eigenvalue weighted by molar-refractivity contribution is -0.141. The minimum absolute atomic E-state index is 0.246. The van der Waals surface area contributed by atoms with Gasteiger partial charge in [0.15, 0.2) is 0 Å². The van der Waals surface area contributed by atoms with E-state index in [1.54, 1.807) is 60.2 Å². The number of amides is 4. The molecule has 1 aromatic carbocycles. The smallest absolute Gasteiger partial charge is 0.410 e. The summed E-state index contributed by atoms with van der Waals surface area (Å²) in [5.74, 6) is -1.32. The number of benzene rings is 1. The molecule has 1 N–H and O–H groups in total. The number of hydrogen-bond donors (Lipinski definition) is 1. The van der Waals surface area contributed by atoms with E-state index in [1.165, 1.54) is 24.1 Å². The molecule has 48 heavy (non-hydrogen) atoms. The lowest BCUT2D eigenvalue weighted by atomic mass is 9.85. The zero-order valence-electron chi connectivity index (χ0n) is 29.3. The molecular weight excluding hydrogens is 615 g/mol. The molecule has 12 heteroatoms. The van der Waals surface area contributed by atoms with Crippen molar-refractivity contribution in [2.45, 2.75) is 91.5 Å². The van der Waals surface area contributed by atoms with Gasteiger partial charge in [-0.15, -0.1) is 0 Å². The number of carbonyl (C=O) groups excluding carboxylic acids is 4. The van der Waals surface area contributed by atoms with E-state index in [0.29, 0.717) is 37.3 Å². The van der Waals surface area contributed by atoms with Crippen LogP contribution in [0.2, 0.25) is 0 Å². The first-order valence-corrected chi connectivity index (χ1v) is 16.5. The van der Waals surface area contributed by atoms with Gasteiger partial charge in [-0.2, -0.15) is 0 Å². The van der Waals surface area contributed by atoms with Gasteiger partial charge in [-0.25, -0.2) is 14.2 Å². The van der Waals surface area contributed by atoms with Crippen LogP contribution in [0.3, 0.4) is 0 Å². The Morgan fingerprint density at radius 2 is 1.75 bits per heavy atom. The molecule has 0 spiro atoms. The second-order valence-electron chi connectivity index (χ2n) is 14.6. The lowest BCUT2D eigenvalue weighted by Gasteiger charge is -2.38. The van der Waals surface area contributed by atoms with Crippen LogP contribution < -0.4 is 5.32 Å². The molecule has 0 aliphatic carbocycles. The van der Waals surface area contributed by atoms with Crippen molar-refractivity contribution in [2.24, 2.45) is 5.41 Å². The molecule has 3 unspecified atom stereocenters. The second kappa shape index (κ2) is 14.7. The molecule has 2 aromatic heterocycles. The summed E-state index contributed by atoms with van der Waals surface area (Å²) in [4.78, 5) is 63.5. The number of likely N-dealkylation sites (N-methyl/N-ethyl adjacent to an activating group) is 1. The van der Waals surface area contributed by atoms with Gasteiger partial charge in [0.1, 0.15) is 34.8 Å². The lowest BCUT2D eigenvalue weighted by Crippen LogP contribution is -2.59. The van der Waals surface area contributed by atoms with Gasteiger partial charge in [0.2, 0.25) is 11.8 Å². The summed E-state index contributed by atoms with van der Waals surface area (Å²) in [5.41, 5.74) is 0.435. The van der Waals surface area contributed by atoms with Crippen LogP contribution in [0.4, 0.5) is 9.18 Å². The third kappa shape index (κ3) is 9.11. The number of nitrogens with one attached hydrogen (secondary N) is 1. The van der Waals surface area contributed by atoms with E-state index in [9.17, 15) is 23.6 Å². The summed E-state index contributed by atoms with van der Waals surface area (Å²) in [6, 6.07) is 9.66. The molecule has 0 radical (unpaired) electrons. The highest BCUT2D eigenvalue weighted by Crippen LogP contribution is 2.27. The van der Waals surface area contributed by atoms with Crippen molar-refractivity contribution in [3.8, 4) is 0 Å². The monoisotopic (exact) mass is 664 g/mol. The maximum atomic E-state index is 14.3. The van der Waals surface area contributed by atoms with Crippen LogP contribution in [0.15, 0.2) is 54.9 Å². The predicted molar refractivity (Wildman–Crippen MR) is 181 cm³/mol. The number of imidazole rings is 1. The zero-order valence-corrected chi connectivity index (χ0v) is 29.3. The van der Waals surface area contributed by atoms with Crippen LogP contribution in [0.5, 0.6) is 0 Å². The first kappa shape index (κ1) is 36.4. The van der Waals surface area contributed by atoms with Crippen LogP contribution >= 0.6 is 0 Å². The van der Waals surface area contributed by atoms with E-state index in [4.69, 9.17) is 4.74 Å². The fourth-order valence-corrected chi connectivity index (χ4v) is 5.71. The summed E-state index contributed by atoms with van der Waals surface area (Å²) in [5, 5.41) is 2.92. The molecule has 0 bridgehead atoms. The van der Waals surface area contributed by atoms with Crippen LogP contribution in [-0.4, -0.2) is 98.3 Å². The van der Waals surface area contributed by atoms with Gasteiger partial charge in [-0.1, -0.05) is 39.0 Å². The van der Waals surface area contributed by atoms with Gasteiger partial charge in [0, 0.05) is 45.1 Å². The number of aromatic nitrogens is 2. The van der Waals surface area contributed by atoms with E-state index in [1.807, 2.05) is 45.2 Å². The largest absolute Gasteiger partial charge is 0.444 e.